The van der Waals surface area contributed by atoms with Crippen LogP contribution in [-0.4, -0.2) is 53.1 Å². The number of nitrogens with zero attached hydrogens (tertiary/aromatic N) is 7. The van der Waals surface area contributed by atoms with E-state index in [1.807, 2.05) is 6.20 Å². The second kappa shape index (κ2) is 8.12. The summed E-state index contributed by atoms with van der Waals surface area (Å²) in [6.45, 7) is 1.86. The lowest BCUT2D eigenvalue weighted by molar-refractivity contribution is -0.132. The number of nitrogens with one attached hydrogen (secondary N) is 1. The predicted octanol–water partition coefficient (Wildman–Crippen LogP) is 1.89. The maximum atomic E-state index is 12.7. The zero-order valence-corrected chi connectivity index (χ0v) is 17.9. The molecule has 0 fully saturated rings. The summed E-state index contributed by atoms with van der Waals surface area (Å²) in [6, 6.07) is 8.75. The lowest BCUT2D eigenvalue weighted by atomic mass is 10.1. The Morgan fingerprint density at radius 3 is 2.64 bits per heavy atom. The molecular weight excluding hydrogens is 420 g/mol. The number of hydrogen-bond donors (Lipinski definition) is 1. The van der Waals surface area contributed by atoms with E-state index in [0.29, 0.717) is 30.5 Å². The SMILES string of the molecule is O=C(Cc1nnc(-c2cnc(NC3Cc4ccccc4C3)nc2)o1)N1CCn2ccnc2C1. The molecule has 0 spiro atoms. The molecule has 4 aromatic rings. The Kier molecular flexibility index (Phi) is 4.82. The van der Waals surface area contributed by atoms with Gasteiger partial charge in [0.1, 0.15) is 12.2 Å². The second-order valence-corrected chi connectivity index (χ2v) is 8.34. The minimum absolute atomic E-state index is 0.0520. The summed E-state index contributed by atoms with van der Waals surface area (Å²) in [5.74, 6) is 1.96. The van der Waals surface area contributed by atoms with E-state index >= 15 is 0 Å². The summed E-state index contributed by atoms with van der Waals surface area (Å²) in [4.78, 5) is 27.5. The maximum absolute atomic E-state index is 12.7. The van der Waals surface area contributed by atoms with Gasteiger partial charge in [-0.1, -0.05) is 24.3 Å². The summed E-state index contributed by atoms with van der Waals surface area (Å²) < 4.78 is 7.76. The molecule has 0 saturated heterocycles. The molecule has 1 N–H and O–H groups in total. The average Bonchev–Trinajstić information content (AvgIpc) is 3.58. The number of rotatable bonds is 5. The molecule has 1 aliphatic heterocycles. The molecule has 0 atom stereocenters. The molecule has 1 aromatic carbocycles. The zero-order chi connectivity index (χ0) is 22.2. The van der Waals surface area contributed by atoms with E-state index in [1.165, 1.54) is 11.1 Å². The van der Waals surface area contributed by atoms with Crippen molar-refractivity contribution < 1.29 is 9.21 Å². The minimum Gasteiger partial charge on any atom is -0.420 e. The third kappa shape index (κ3) is 3.95. The van der Waals surface area contributed by atoms with Crippen molar-refractivity contribution in [2.45, 2.75) is 38.4 Å². The van der Waals surface area contributed by atoms with Crippen molar-refractivity contribution in [3.8, 4) is 11.5 Å². The van der Waals surface area contributed by atoms with Crippen molar-refractivity contribution >= 4 is 11.9 Å². The Hall–Kier alpha value is -4.08. The normalized spacial score (nSPS) is 15.3. The Bertz CT molecular complexity index is 1270. The molecule has 0 unspecified atom stereocenters. The van der Waals surface area contributed by atoms with Gasteiger partial charge in [-0.25, -0.2) is 15.0 Å². The Labute approximate surface area is 189 Å². The van der Waals surface area contributed by atoms with Crippen LogP contribution in [0.25, 0.3) is 11.5 Å². The van der Waals surface area contributed by atoms with Crippen molar-refractivity contribution in [1.82, 2.24) is 34.6 Å². The number of anilines is 1. The number of fused-ring (bicyclic) bond motifs is 2. The van der Waals surface area contributed by atoms with Gasteiger partial charge in [-0.3, -0.25) is 4.79 Å². The van der Waals surface area contributed by atoms with Crippen molar-refractivity contribution in [2.24, 2.45) is 0 Å². The summed E-state index contributed by atoms with van der Waals surface area (Å²) in [5.41, 5.74) is 3.35. The van der Waals surface area contributed by atoms with E-state index in [0.717, 1.165) is 25.2 Å². The predicted molar refractivity (Wildman–Crippen MR) is 118 cm³/mol. The highest BCUT2D eigenvalue weighted by atomic mass is 16.4. The quantitative estimate of drug-likeness (QED) is 0.498. The molecule has 1 aliphatic carbocycles. The van der Waals surface area contributed by atoms with Crippen molar-refractivity contribution in [3.63, 3.8) is 0 Å². The standard InChI is InChI=1S/C23H22N8O2/c32-21(31-8-7-30-6-5-24-19(30)14-31)11-20-28-29-22(33-20)17-12-25-23(26-13-17)27-18-9-15-3-1-2-4-16(15)10-18/h1-6,12-13,18H,7-11,14H2,(H,25,26,27). The van der Waals surface area contributed by atoms with Crippen LogP contribution in [0.2, 0.25) is 0 Å². The van der Waals surface area contributed by atoms with Crippen LogP contribution in [0.1, 0.15) is 22.8 Å². The first kappa shape index (κ1) is 19.6. The Balaban J connectivity index is 1.07. The van der Waals surface area contributed by atoms with Crippen LogP contribution in [-0.2, 0) is 37.1 Å². The molecule has 166 valence electrons. The lowest BCUT2D eigenvalue weighted by Gasteiger charge is -2.27. The molecule has 33 heavy (non-hydrogen) atoms. The molecule has 10 nitrogen and oxygen atoms in total. The monoisotopic (exact) mass is 442 g/mol. The largest absolute Gasteiger partial charge is 0.420 e. The number of carbonyl (C=O) groups excluding carboxylic acids is 1. The van der Waals surface area contributed by atoms with E-state index in [4.69, 9.17) is 4.42 Å². The molecule has 2 aliphatic rings. The highest BCUT2D eigenvalue weighted by Gasteiger charge is 2.24. The zero-order valence-electron chi connectivity index (χ0n) is 17.9. The summed E-state index contributed by atoms with van der Waals surface area (Å²) >= 11 is 0. The number of aromatic nitrogens is 6. The van der Waals surface area contributed by atoms with Gasteiger partial charge in [-0.2, -0.15) is 0 Å². The minimum atomic E-state index is -0.0622. The first-order valence-electron chi connectivity index (χ1n) is 11.0. The van der Waals surface area contributed by atoms with Crippen LogP contribution in [0.15, 0.2) is 53.5 Å². The topological polar surface area (TPSA) is 115 Å². The number of carbonyl (C=O) groups is 1. The van der Waals surface area contributed by atoms with Crippen molar-refractivity contribution in [1.29, 1.82) is 0 Å². The molecule has 0 bridgehead atoms. The molecule has 10 heteroatoms. The average molecular weight is 442 g/mol. The van der Waals surface area contributed by atoms with E-state index in [-0.39, 0.29) is 24.3 Å². The van der Waals surface area contributed by atoms with Crippen molar-refractivity contribution in [2.75, 3.05) is 11.9 Å². The molecule has 1 amide bonds. The first-order chi connectivity index (χ1) is 16.2. The molecule has 6 rings (SSSR count). The number of amides is 1. The van der Waals surface area contributed by atoms with Gasteiger partial charge in [-0.15, -0.1) is 10.2 Å². The molecular formula is C23H22N8O2. The fourth-order valence-corrected chi connectivity index (χ4v) is 4.43. The van der Waals surface area contributed by atoms with Gasteiger partial charge < -0.3 is 19.2 Å². The smallest absolute Gasteiger partial charge is 0.250 e. The fraction of sp³-hybridized carbons (Fsp3) is 0.304. The van der Waals surface area contributed by atoms with E-state index in [1.54, 1.807) is 23.5 Å². The van der Waals surface area contributed by atoms with Crippen LogP contribution in [0, 0.1) is 0 Å². The van der Waals surface area contributed by atoms with Gasteiger partial charge >= 0.3 is 0 Å². The van der Waals surface area contributed by atoms with Gasteiger partial charge in [0.25, 0.3) is 5.89 Å². The Morgan fingerprint density at radius 1 is 1.06 bits per heavy atom. The first-order valence-corrected chi connectivity index (χ1v) is 11.0. The molecule has 4 heterocycles. The van der Waals surface area contributed by atoms with Gasteiger partial charge in [0.05, 0.1) is 12.1 Å². The number of benzene rings is 1. The van der Waals surface area contributed by atoms with Crippen LogP contribution in [0.5, 0.6) is 0 Å². The summed E-state index contributed by atoms with van der Waals surface area (Å²) in [6.07, 6.45) is 8.96. The Morgan fingerprint density at radius 2 is 1.85 bits per heavy atom. The van der Waals surface area contributed by atoms with E-state index in [9.17, 15) is 4.79 Å². The molecule has 0 radical (unpaired) electrons. The van der Waals surface area contributed by atoms with Gasteiger partial charge in [0.15, 0.2) is 0 Å². The van der Waals surface area contributed by atoms with Crippen molar-refractivity contribution in [3.05, 3.63) is 71.9 Å². The second-order valence-electron chi connectivity index (χ2n) is 8.34. The molecule has 0 saturated carbocycles. The maximum Gasteiger partial charge on any atom is 0.250 e. The lowest BCUT2D eigenvalue weighted by Crippen LogP contribution is -2.39. The van der Waals surface area contributed by atoms with Crippen LogP contribution in [0.3, 0.4) is 0 Å². The highest BCUT2D eigenvalue weighted by Crippen LogP contribution is 2.24. The van der Waals surface area contributed by atoms with Gasteiger partial charge in [0.2, 0.25) is 17.7 Å². The van der Waals surface area contributed by atoms with Gasteiger partial charge in [0, 0.05) is 43.9 Å². The third-order valence-electron chi connectivity index (χ3n) is 6.15. The van der Waals surface area contributed by atoms with Gasteiger partial charge in [-0.05, 0) is 24.0 Å². The summed E-state index contributed by atoms with van der Waals surface area (Å²) in [5, 5.41) is 11.5. The fourth-order valence-electron chi connectivity index (χ4n) is 4.43. The summed E-state index contributed by atoms with van der Waals surface area (Å²) in [7, 11) is 0. The van der Waals surface area contributed by atoms with Crippen LogP contribution in [0.4, 0.5) is 5.95 Å². The van der Waals surface area contributed by atoms with Crippen LogP contribution >= 0.6 is 0 Å². The van der Waals surface area contributed by atoms with Crippen LogP contribution < -0.4 is 5.32 Å². The van der Waals surface area contributed by atoms with E-state index in [2.05, 4.69) is 59.3 Å². The molecule has 3 aromatic heterocycles. The third-order valence-corrected chi connectivity index (χ3v) is 6.15. The number of imidazole rings is 1. The number of hydrogen-bond acceptors (Lipinski definition) is 8. The van der Waals surface area contributed by atoms with E-state index < -0.39 is 0 Å². The highest BCUT2D eigenvalue weighted by molar-refractivity contribution is 5.77.